The lowest BCUT2D eigenvalue weighted by Crippen LogP contribution is -2.01. The van der Waals surface area contributed by atoms with Gasteiger partial charge in [0, 0.05) is 28.8 Å². The van der Waals surface area contributed by atoms with E-state index in [4.69, 9.17) is 10.2 Å². The number of benzene rings is 2. The van der Waals surface area contributed by atoms with Crippen molar-refractivity contribution >= 4 is 72.5 Å². The number of carbonyl (C=O) groups is 3. The number of rotatable bonds is 10. The van der Waals surface area contributed by atoms with Gasteiger partial charge in [-0.2, -0.15) is 0 Å². The van der Waals surface area contributed by atoms with E-state index in [1.165, 1.54) is 22.7 Å². The maximum Gasteiger partial charge on any atom is 0.303 e. The van der Waals surface area contributed by atoms with Crippen LogP contribution in [0.1, 0.15) is 56.2 Å². The smallest absolute Gasteiger partial charge is 0.303 e. The highest BCUT2D eigenvalue weighted by atomic mass is 32.1. The number of aliphatic carboxylic acids is 1. The molecule has 4 aromatic rings. The number of carboxylic acids is 1. The molecule has 0 fully saturated rings. The lowest BCUT2D eigenvalue weighted by Gasteiger charge is -1.96. The second-order valence-electron chi connectivity index (χ2n) is 7.72. The lowest BCUT2D eigenvalue weighted by molar-refractivity contribution is -0.136. The fourth-order valence-corrected chi connectivity index (χ4v) is 5.63. The number of carboxylic acid groups (broad SMARTS) is 1. The van der Waals surface area contributed by atoms with Gasteiger partial charge in [-0.15, -0.1) is 22.7 Å². The predicted octanol–water partition coefficient (Wildman–Crippen LogP) is 6.29. The van der Waals surface area contributed by atoms with Crippen molar-refractivity contribution in [3.05, 3.63) is 69.4 Å². The van der Waals surface area contributed by atoms with E-state index in [-0.39, 0.29) is 31.0 Å². The Morgan fingerprint density at radius 3 is 1.73 bits per heavy atom. The van der Waals surface area contributed by atoms with Gasteiger partial charge in [-0.05, 0) is 52.6 Å². The van der Waals surface area contributed by atoms with Crippen LogP contribution in [-0.2, 0) is 4.79 Å². The van der Waals surface area contributed by atoms with Crippen LogP contribution >= 0.6 is 22.7 Å². The Hall–Kier alpha value is -3.13. The maximum absolute atomic E-state index is 12.2. The Morgan fingerprint density at radius 2 is 1.24 bits per heavy atom. The van der Waals surface area contributed by atoms with E-state index >= 15 is 0 Å². The van der Waals surface area contributed by atoms with Crippen LogP contribution in [0.4, 0.5) is 0 Å². The summed E-state index contributed by atoms with van der Waals surface area (Å²) in [4.78, 5) is 36.4. The standard InChI is InChI=1S/C26H22O5S2/c27-11-1-2-20(28)24-14-18-7-5-16(12-22(18)32-24)3-4-17-6-8-19-15-25(33-23(19)13-17)21(29)9-10-26(30)31/h3-8,12-15,27H,1-2,9-11H2,(H,30,31)/b4-3-. The molecule has 7 heteroatoms. The molecule has 2 aromatic carbocycles. The fraction of sp³-hybridized carbons (Fsp3) is 0.192. The van der Waals surface area contributed by atoms with Crippen LogP contribution in [0.15, 0.2) is 48.5 Å². The largest absolute Gasteiger partial charge is 0.481 e. The molecular weight excluding hydrogens is 456 g/mol. The molecule has 2 heterocycles. The summed E-state index contributed by atoms with van der Waals surface area (Å²) in [6.45, 7) is 0.0190. The first kappa shape index (κ1) is 23.0. The van der Waals surface area contributed by atoms with Crippen molar-refractivity contribution in [1.82, 2.24) is 0 Å². The molecule has 0 bridgehead atoms. The maximum atomic E-state index is 12.2. The highest BCUT2D eigenvalue weighted by molar-refractivity contribution is 7.21. The molecule has 0 aliphatic carbocycles. The van der Waals surface area contributed by atoms with Crippen LogP contribution in [0.2, 0.25) is 0 Å². The van der Waals surface area contributed by atoms with Crippen LogP contribution in [0.3, 0.4) is 0 Å². The lowest BCUT2D eigenvalue weighted by atomic mass is 10.1. The zero-order valence-corrected chi connectivity index (χ0v) is 19.4. The summed E-state index contributed by atoms with van der Waals surface area (Å²) in [6, 6.07) is 15.8. The minimum atomic E-state index is -0.970. The third kappa shape index (κ3) is 5.63. The van der Waals surface area contributed by atoms with Gasteiger partial charge in [0.2, 0.25) is 0 Å². The van der Waals surface area contributed by atoms with Crippen molar-refractivity contribution in [2.45, 2.75) is 25.7 Å². The number of hydrogen-bond acceptors (Lipinski definition) is 6. The number of carbonyl (C=O) groups excluding carboxylic acids is 2. The quantitative estimate of drug-likeness (QED) is 0.206. The Morgan fingerprint density at radius 1 is 0.727 bits per heavy atom. The van der Waals surface area contributed by atoms with Crippen molar-refractivity contribution in [2.24, 2.45) is 0 Å². The average molecular weight is 479 g/mol. The minimum absolute atomic E-state index is 0.00879. The Balaban J connectivity index is 1.50. The molecule has 0 aliphatic heterocycles. The Labute approximate surface area is 198 Å². The SMILES string of the molecule is O=C(O)CCC(=O)c1cc2ccc(/C=C\c3ccc4cc(C(=O)CCCO)sc4c3)cc2s1. The van der Waals surface area contributed by atoms with E-state index in [1.807, 2.05) is 54.6 Å². The van der Waals surface area contributed by atoms with Gasteiger partial charge in [0.1, 0.15) is 0 Å². The molecule has 0 amide bonds. The zero-order valence-electron chi connectivity index (χ0n) is 17.7. The first-order valence-corrected chi connectivity index (χ1v) is 12.2. The van der Waals surface area contributed by atoms with Crippen LogP contribution < -0.4 is 0 Å². The van der Waals surface area contributed by atoms with E-state index in [9.17, 15) is 14.4 Å². The van der Waals surface area contributed by atoms with Crippen molar-refractivity contribution in [3.8, 4) is 0 Å². The van der Waals surface area contributed by atoms with Gasteiger partial charge in [-0.1, -0.05) is 36.4 Å². The van der Waals surface area contributed by atoms with Crippen LogP contribution in [0, 0.1) is 0 Å². The summed E-state index contributed by atoms with van der Waals surface area (Å²) in [5.74, 6) is -1.05. The second-order valence-corrected chi connectivity index (χ2v) is 9.88. The highest BCUT2D eigenvalue weighted by Gasteiger charge is 2.12. The summed E-state index contributed by atoms with van der Waals surface area (Å²) in [6.07, 6.45) is 4.71. The molecule has 0 saturated carbocycles. The normalized spacial score (nSPS) is 11.5. The number of hydrogen-bond donors (Lipinski definition) is 2. The third-order valence-corrected chi connectivity index (χ3v) is 7.51. The monoisotopic (exact) mass is 478 g/mol. The predicted molar refractivity (Wildman–Crippen MR) is 134 cm³/mol. The summed E-state index contributed by atoms with van der Waals surface area (Å²) >= 11 is 2.86. The third-order valence-electron chi connectivity index (χ3n) is 5.23. The van der Waals surface area contributed by atoms with E-state index in [1.54, 1.807) is 0 Å². The van der Waals surface area contributed by atoms with Gasteiger partial charge in [-0.3, -0.25) is 14.4 Å². The first-order valence-electron chi connectivity index (χ1n) is 10.6. The first-order chi connectivity index (χ1) is 15.9. The van der Waals surface area contributed by atoms with Crippen molar-refractivity contribution in [1.29, 1.82) is 0 Å². The number of Topliss-reactive ketones (excluding diaryl/α,β-unsaturated/α-hetero) is 2. The summed E-state index contributed by atoms with van der Waals surface area (Å²) in [5.41, 5.74) is 2.02. The molecule has 2 N–H and O–H groups in total. The van der Waals surface area contributed by atoms with E-state index in [0.717, 1.165) is 36.2 Å². The van der Waals surface area contributed by atoms with Crippen molar-refractivity contribution in [2.75, 3.05) is 6.61 Å². The molecular formula is C26H22O5S2. The zero-order chi connectivity index (χ0) is 23.4. The molecule has 5 nitrogen and oxygen atoms in total. The average Bonchev–Trinajstić information content (AvgIpc) is 3.43. The molecule has 0 spiro atoms. The molecule has 0 saturated heterocycles. The van der Waals surface area contributed by atoms with Gasteiger partial charge < -0.3 is 10.2 Å². The highest BCUT2D eigenvalue weighted by Crippen LogP contribution is 2.30. The summed E-state index contributed by atoms with van der Waals surface area (Å²) < 4.78 is 2.03. The number of aliphatic hydroxyl groups is 1. The topological polar surface area (TPSA) is 91.7 Å². The molecule has 168 valence electrons. The van der Waals surface area contributed by atoms with Gasteiger partial charge in [0.05, 0.1) is 16.2 Å². The molecule has 2 aromatic heterocycles. The molecule has 0 radical (unpaired) electrons. The Kier molecular flexibility index (Phi) is 7.13. The van der Waals surface area contributed by atoms with Gasteiger partial charge in [0.15, 0.2) is 11.6 Å². The molecule has 33 heavy (non-hydrogen) atoms. The number of fused-ring (bicyclic) bond motifs is 2. The Bertz CT molecular complexity index is 1380. The van der Waals surface area contributed by atoms with Gasteiger partial charge in [-0.25, -0.2) is 0 Å². The molecule has 4 rings (SSSR count). The molecule has 0 atom stereocenters. The van der Waals surface area contributed by atoms with Crippen molar-refractivity contribution < 1.29 is 24.6 Å². The number of thiophene rings is 2. The fourth-order valence-electron chi connectivity index (χ4n) is 3.48. The van der Waals surface area contributed by atoms with Crippen LogP contribution in [-0.4, -0.2) is 34.4 Å². The number of aliphatic hydroxyl groups excluding tert-OH is 1. The van der Waals surface area contributed by atoms with E-state index in [0.29, 0.717) is 17.7 Å². The minimum Gasteiger partial charge on any atom is -0.481 e. The summed E-state index contributed by atoms with van der Waals surface area (Å²) in [7, 11) is 0. The van der Waals surface area contributed by atoms with E-state index in [2.05, 4.69) is 6.07 Å². The van der Waals surface area contributed by atoms with Gasteiger partial charge in [0.25, 0.3) is 0 Å². The van der Waals surface area contributed by atoms with E-state index < -0.39 is 5.97 Å². The molecule has 0 aliphatic rings. The summed E-state index contributed by atoms with van der Waals surface area (Å²) in [5, 5.41) is 19.7. The second kappa shape index (κ2) is 10.2. The molecule has 0 unspecified atom stereocenters. The van der Waals surface area contributed by atoms with Crippen LogP contribution in [0.5, 0.6) is 0 Å². The number of ketones is 2. The van der Waals surface area contributed by atoms with Crippen LogP contribution in [0.25, 0.3) is 32.3 Å². The van der Waals surface area contributed by atoms with Crippen molar-refractivity contribution in [3.63, 3.8) is 0 Å². The van der Waals surface area contributed by atoms with Gasteiger partial charge >= 0.3 is 5.97 Å².